The molecule has 0 aliphatic heterocycles. The third-order valence-electron chi connectivity index (χ3n) is 3.74. The fraction of sp³-hybridized carbons (Fsp3) is 0.769. The van der Waals surface area contributed by atoms with Gasteiger partial charge in [0.2, 0.25) is 0 Å². The maximum atomic E-state index is 5.54. The van der Waals surface area contributed by atoms with E-state index in [-0.39, 0.29) is 0 Å². The third-order valence-corrected chi connectivity index (χ3v) is 4.69. The number of nitrogens with one attached hydrogen (secondary N) is 1. The second-order valence-corrected chi connectivity index (χ2v) is 6.30. The normalized spacial score (nSPS) is 20.1. The van der Waals surface area contributed by atoms with Crippen molar-refractivity contribution >= 4 is 11.3 Å². The number of nitrogens with two attached hydrogens (primary N) is 1. The summed E-state index contributed by atoms with van der Waals surface area (Å²) >= 11 is 1.74. The van der Waals surface area contributed by atoms with Gasteiger partial charge in [-0.2, -0.15) is 0 Å². The van der Waals surface area contributed by atoms with Gasteiger partial charge >= 0.3 is 0 Å². The molecule has 2 saturated carbocycles. The summed E-state index contributed by atoms with van der Waals surface area (Å²) in [4.78, 5) is 4.61. The minimum Gasteiger partial charge on any atom is -0.330 e. The summed E-state index contributed by atoms with van der Waals surface area (Å²) in [7, 11) is 0. The Morgan fingerprint density at radius 2 is 2.06 bits per heavy atom. The molecule has 0 amide bonds. The van der Waals surface area contributed by atoms with Gasteiger partial charge < -0.3 is 11.1 Å². The highest BCUT2D eigenvalue weighted by Crippen LogP contribution is 2.44. The number of rotatable bonds is 7. The number of hydrogen-bond acceptors (Lipinski definition) is 4. The number of nitrogens with zero attached hydrogens (tertiary/aromatic N) is 1. The van der Waals surface area contributed by atoms with Gasteiger partial charge in [0.1, 0.15) is 0 Å². The van der Waals surface area contributed by atoms with Crippen molar-refractivity contribution in [1.82, 2.24) is 10.3 Å². The Labute approximate surface area is 107 Å². The first kappa shape index (κ1) is 11.6. The van der Waals surface area contributed by atoms with Crippen molar-refractivity contribution in [3.8, 4) is 0 Å². The molecule has 0 saturated heterocycles. The Kier molecular flexibility index (Phi) is 3.45. The monoisotopic (exact) mass is 251 g/mol. The highest BCUT2D eigenvalue weighted by atomic mass is 32.1. The van der Waals surface area contributed by atoms with E-state index < -0.39 is 0 Å². The first-order valence-electron chi connectivity index (χ1n) is 6.73. The molecule has 0 atom stereocenters. The average molecular weight is 251 g/mol. The van der Waals surface area contributed by atoms with Crippen molar-refractivity contribution in [2.24, 2.45) is 17.6 Å². The standard InChI is InChI=1S/C13H21N3S/c14-6-5-12-16-11(8-17-12)7-15-13(9-1-2-9)10-3-4-10/h8-10,13,15H,1-7,14H2. The lowest BCUT2D eigenvalue weighted by molar-refractivity contribution is 0.414. The van der Waals surface area contributed by atoms with Crippen LogP contribution < -0.4 is 11.1 Å². The summed E-state index contributed by atoms with van der Waals surface area (Å²) in [6.07, 6.45) is 6.65. The Morgan fingerprint density at radius 1 is 1.35 bits per heavy atom. The van der Waals surface area contributed by atoms with Gasteiger partial charge in [0.05, 0.1) is 10.7 Å². The van der Waals surface area contributed by atoms with Gasteiger partial charge in [0.25, 0.3) is 0 Å². The van der Waals surface area contributed by atoms with Crippen LogP contribution in [0.1, 0.15) is 36.4 Å². The molecule has 3 N–H and O–H groups in total. The summed E-state index contributed by atoms with van der Waals surface area (Å²) < 4.78 is 0. The molecule has 1 aromatic heterocycles. The molecule has 3 rings (SSSR count). The van der Waals surface area contributed by atoms with E-state index in [0.717, 1.165) is 30.8 Å². The summed E-state index contributed by atoms with van der Waals surface area (Å²) in [5.74, 6) is 1.93. The van der Waals surface area contributed by atoms with Gasteiger partial charge in [-0.05, 0) is 44.1 Å². The third kappa shape index (κ3) is 3.06. The van der Waals surface area contributed by atoms with Crippen molar-refractivity contribution in [2.45, 2.75) is 44.7 Å². The minimum atomic E-state index is 0.702. The van der Waals surface area contributed by atoms with Crippen molar-refractivity contribution in [3.05, 3.63) is 16.1 Å². The Balaban J connectivity index is 1.51. The van der Waals surface area contributed by atoms with E-state index in [0.29, 0.717) is 6.54 Å². The molecule has 2 aliphatic carbocycles. The number of hydrogen-bond donors (Lipinski definition) is 2. The second-order valence-electron chi connectivity index (χ2n) is 5.35. The van der Waals surface area contributed by atoms with E-state index in [2.05, 4.69) is 15.7 Å². The zero-order chi connectivity index (χ0) is 11.7. The first-order valence-corrected chi connectivity index (χ1v) is 7.61. The molecular weight excluding hydrogens is 230 g/mol. The zero-order valence-electron chi connectivity index (χ0n) is 10.2. The van der Waals surface area contributed by atoms with Crippen LogP contribution in [0.3, 0.4) is 0 Å². The Bertz CT molecular complexity index is 356. The second kappa shape index (κ2) is 5.04. The minimum absolute atomic E-state index is 0.702. The highest BCUT2D eigenvalue weighted by Gasteiger charge is 2.40. The summed E-state index contributed by atoms with van der Waals surface area (Å²) in [6.45, 7) is 1.64. The van der Waals surface area contributed by atoms with E-state index in [1.165, 1.54) is 36.4 Å². The molecule has 0 bridgehead atoms. The molecule has 17 heavy (non-hydrogen) atoms. The SMILES string of the molecule is NCCc1nc(CNC(C2CC2)C2CC2)cs1. The first-order chi connectivity index (χ1) is 8.36. The van der Waals surface area contributed by atoms with Crippen LogP contribution in [-0.2, 0) is 13.0 Å². The van der Waals surface area contributed by atoms with E-state index in [9.17, 15) is 0 Å². The van der Waals surface area contributed by atoms with E-state index in [1.54, 1.807) is 11.3 Å². The largest absolute Gasteiger partial charge is 0.330 e. The molecular formula is C13H21N3S. The maximum absolute atomic E-state index is 5.54. The van der Waals surface area contributed by atoms with Gasteiger partial charge in [-0.25, -0.2) is 4.98 Å². The van der Waals surface area contributed by atoms with E-state index in [4.69, 9.17) is 5.73 Å². The number of aromatic nitrogens is 1. The van der Waals surface area contributed by atoms with Crippen LogP contribution in [0.25, 0.3) is 0 Å². The molecule has 0 spiro atoms. The van der Waals surface area contributed by atoms with Crippen LogP contribution >= 0.6 is 11.3 Å². The molecule has 0 unspecified atom stereocenters. The summed E-state index contributed by atoms with van der Waals surface area (Å²) in [5, 5.41) is 7.08. The van der Waals surface area contributed by atoms with Crippen molar-refractivity contribution in [2.75, 3.05) is 6.54 Å². The Hall–Kier alpha value is -0.450. The molecule has 1 heterocycles. The van der Waals surface area contributed by atoms with Crippen molar-refractivity contribution < 1.29 is 0 Å². The zero-order valence-corrected chi connectivity index (χ0v) is 11.0. The lowest BCUT2D eigenvalue weighted by atomic mass is 10.1. The smallest absolute Gasteiger partial charge is 0.0941 e. The van der Waals surface area contributed by atoms with Gasteiger partial charge in [0, 0.05) is 24.4 Å². The summed E-state index contributed by atoms with van der Waals surface area (Å²) in [6, 6.07) is 0.773. The quantitative estimate of drug-likeness (QED) is 0.778. The topological polar surface area (TPSA) is 50.9 Å². The van der Waals surface area contributed by atoms with Crippen molar-refractivity contribution in [1.29, 1.82) is 0 Å². The number of thiazole rings is 1. The highest BCUT2D eigenvalue weighted by molar-refractivity contribution is 7.09. The lowest BCUT2D eigenvalue weighted by Crippen LogP contribution is -2.32. The molecule has 0 aromatic carbocycles. The van der Waals surface area contributed by atoms with Crippen LogP contribution in [0.4, 0.5) is 0 Å². The molecule has 2 aliphatic rings. The molecule has 1 aromatic rings. The fourth-order valence-corrected chi connectivity index (χ4v) is 3.33. The van der Waals surface area contributed by atoms with Crippen LogP contribution in [0.15, 0.2) is 5.38 Å². The summed E-state index contributed by atoms with van der Waals surface area (Å²) in [5.41, 5.74) is 6.74. The van der Waals surface area contributed by atoms with Gasteiger partial charge in [-0.15, -0.1) is 11.3 Å². The predicted molar refractivity (Wildman–Crippen MR) is 70.9 cm³/mol. The molecule has 3 nitrogen and oxygen atoms in total. The van der Waals surface area contributed by atoms with Crippen LogP contribution in [0.5, 0.6) is 0 Å². The molecule has 2 fully saturated rings. The maximum Gasteiger partial charge on any atom is 0.0941 e. The van der Waals surface area contributed by atoms with Gasteiger partial charge in [-0.3, -0.25) is 0 Å². The van der Waals surface area contributed by atoms with Gasteiger partial charge in [-0.1, -0.05) is 0 Å². The van der Waals surface area contributed by atoms with E-state index >= 15 is 0 Å². The van der Waals surface area contributed by atoms with Crippen LogP contribution in [0, 0.1) is 11.8 Å². The van der Waals surface area contributed by atoms with E-state index in [1.807, 2.05) is 0 Å². The molecule has 94 valence electrons. The Morgan fingerprint density at radius 3 is 2.65 bits per heavy atom. The predicted octanol–water partition coefficient (Wildman–Crippen LogP) is 1.92. The van der Waals surface area contributed by atoms with Gasteiger partial charge in [0.15, 0.2) is 0 Å². The molecule has 4 heteroatoms. The van der Waals surface area contributed by atoms with Crippen LogP contribution in [-0.4, -0.2) is 17.6 Å². The molecule has 0 radical (unpaired) electrons. The lowest BCUT2D eigenvalue weighted by Gasteiger charge is -2.16. The van der Waals surface area contributed by atoms with Crippen LogP contribution in [0.2, 0.25) is 0 Å². The average Bonchev–Trinajstić information content (AvgIpc) is 3.21. The van der Waals surface area contributed by atoms with Crippen molar-refractivity contribution in [3.63, 3.8) is 0 Å². The fourth-order valence-electron chi connectivity index (χ4n) is 2.52.